The van der Waals surface area contributed by atoms with Gasteiger partial charge in [-0.1, -0.05) is 32.9 Å². The molecule has 1 N–H and O–H groups in total. The molecule has 0 aliphatic carbocycles. The zero-order valence-corrected chi connectivity index (χ0v) is 22.9. The van der Waals surface area contributed by atoms with Crippen LogP contribution in [0.4, 0.5) is 11.6 Å². The molecule has 0 saturated carbocycles. The molecule has 0 radical (unpaired) electrons. The highest BCUT2D eigenvalue weighted by atomic mass is 32.1. The molecule has 9 heteroatoms. The second-order valence-corrected chi connectivity index (χ2v) is 11.8. The summed E-state index contributed by atoms with van der Waals surface area (Å²) in [6.07, 6.45) is 4.47. The Morgan fingerprint density at radius 3 is 2.68 bits per heavy atom. The first-order chi connectivity index (χ1) is 17.7. The molecule has 0 amide bonds. The summed E-state index contributed by atoms with van der Waals surface area (Å²) in [6.45, 7) is 11.2. The van der Waals surface area contributed by atoms with E-state index in [1.54, 1.807) is 12.5 Å². The Labute approximate surface area is 221 Å². The van der Waals surface area contributed by atoms with Crippen molar-refractivity contribution in [2.75, 3.05) is 18.9 Å². The maximum atomic E-state index is 12.8. The van der Waals surface area contributed by atoms with Crippen LogP contribution < -0.4 is 5.32 Å². The zero-order chi connectivity index (χ0) is 26.2. The Morgan fingerprint density at radius 2 is 1.92 bits per heavy atom. The minimum Gasteiger partial charge on any atom is -0.323 e. The smallest absolute Gasteiger partial charge is 0.174 e. The van der Waals surface area contributed by atoms with Crippen molar-refractivity contribution in [2.45, 2.75) is 59.0 Å². The Kier molecular flexibility index (Phi) is 6.92. The maximum Gasteiger partial charge on any atom is 0.174 e. The minimum atomic E-state index is -0.0406. The summed E-state index contributed by atoms with van der Waals surface area (Å²) in [4.78, 5) is 29.1. The lowest BCUT2D eigenvalue weighted by Gasteiger charge is -2.22. The van der Waals surface area contributed by atoms with E-state index in [2.05, 4.69) is 94.0 Å². The van der Waals surface area contributed by atoms with E-state index < -0.39 is 0 Å². The van der Waals surface area contributed by atoms with Crippen molar-refractivity contribution in [3.05, 3.63) is 69.6 Å². The van der Waals surface area contributed by atoms with Crippen LogP contribution in [0.5, 0.6) is 0 Å². The average molecular weight is 516 g/mol. The van der Waals surface area contributed by atoms with Gasteiger partial charge in [0.15, 0.2) is 11.6 Å². The normalized spacial score (nSPS) is 14.0. The summed E-state index contributed by atoms with van der Waals surface area (Å²) in [5.41, 5.74) is 5.32. The van der Waals surface area contributed by atoms with Gasteiger partial charge >= 0.3 is 0 Å². The molecule has 1 aliphatic rings. The van der Waals surface area contributed by atoms with Crippen LogP contribution in [0.25, 0.3) is 11.3 Å². The summed E-state index contributed by atoms with van der Waals surface area (Å²) < 4.78 is 2.05. The van der Waals surface area contributed by atoms with Crippen LogP contribution >= 0.6 is 11.3 Å². The Hall–Kier alpha value is -3.43. The van der Waals surface area contributed by atoms with Gasteiger partial charge in [-0.05, 0) is 37.6 Å². The minimum absolute atomic E-state index is 0.0406. The van der Waals surface area contributed by atoms with Crippen molar-refractivity contribution in [3.8, 4) is 11.3 Å². The van der Waals surface area contributed by atoms with Crippen molar-refractivity contribution in [3.63, 3.8) is 0 Å². The lowest BCUT2D eigenvalue weighted by atomic mass is 9.98. The van der Waals surface area contributed by atoms with E-state index >= 15 is 0 Å². The third-order valence-corrected chi connectivity index (χ3v) is 8.06. The van der Waals surface area contributed by atoms with Gasteiger partial charge in [0.25, 0.3) is 0 Å². The molecule has 0 unspecified atom stereocenters. The maximum absolute atomic E-state index is 12.8. The van der Waals surface area contributed by atoms with Gasteiger partial charge in [-0.25, -0.2) is 15.0 Å². The second-order valence-electron chi connectivity index (χ2n) is 10.7. The Balaban J connectivity index is 1.25. The molecule has 8 nitrogen and oxygen atoms in total. The number of hydrogen-bond acceptors (Lipinski definition) is 8. The SMILES string of the molecule is Cc1cc(-c2cc(Nc3cc4n(n3)CCN(C)C4)ncn2)ccc1CCC(=O)c1cnc(C(C)(C)C)s1. The van der Waals surface area contributed by atoms with E-state index in [0.717, 1.165) is 52.2 Å². The highest BCUT2D eigenvalue weighted by molar-refractivity contribution is 7.13. The van der Waals surface area contributed by atoms with Gasteiger partial charge in [0, 0.05) is 48.8 Å². The van der Waals surface area contributed by atoms with Gasteiger partial charge in [-0.15, -0.1) is 11.3 Å². The highest BCUT2D eigenvalue weighted by Crippen LogP contribution is 2.28. The van der Waals surface area contributed by atoms with Gasteiger partial charge in [-0.3, -0.25) is 14.4 Å². The van der Waals surface area contributed by atoms with E-state index in [4.69, 9.17) is 0 Å². The number of hydrogen-bond donors (Lipinski definition) is 1. The van der Waals surface area contributed by atoms with Gasteiger partial charge in [0.2, 0.25) is 0 Å². The van der Waals surface area contributed by atoms with E-state index in [9.17, 15) is 4.79 Å². The predicted molar refractivity (Wildman–Crippen MR) is 148 cm³/mol. The quantitative estimate of drug-likeness (QED) is 0.329. The first kappa shape index (κ1) is 25.2. The molecule has 4 heterocycles. The van der Waals surface area contributed by atoms with Crippen LogP contribution in [0.15, 0.2) is 42.9 Å². The molecule has 192 valence electrons. The number of aromatic nitrogens is 5. The standard InChI is InChI=1S/C28H33N7OS/c1-18-12-20(7-6-19(18)8-9-23(36)24-15-29-27(37-24)28(2,3)4)22-14-25(31-17-30-22)32-26-13-21-16-34(5)10-11-35(21)33-26/h6-7,12-15,17H,8-11,16H2,1-5H3,(H,30,31,32,33). The number of nitrogens with zero attached hydrogens (tertiary/aromatic N) is 6. The fourth-order valence-corrected chi connectivity index (χ4v) is 5.37. The third kappa shape index (κ3) is 5.78. The molecule has 0 atom stereocenters. The molecule has 5 rings (SSSR count). The lowest BCUT2D eigenvalue weighted by molar-refractivity contribution is 0.0986. The van der Waals surface area contributed by atoms with Crippen LogP contribution in [0.1, 0.15) is 58.7 Å². The van der Waals surface area contributed by atoms with Gasteiger partial charge < -0.3 is 5.32 Å². The molecule has 4 aromatic rings. The average Bonchev–Trinajstić information content (AvgIpc) is 3.50. The molecule has 1 aromatic carbocycles. The number of nitrogens with one attached hydrogen (secondary N) is 1. The van der Waals surface area contributed by atoms with Crippen LogP contribution in [0.3, 0.4) is 0 Å². The monoisotopic (exact) mass is 515 g/mol. The second kappa shape index (κ2) is 10.1. The van der Waals surface area contributed by atoms with Crippen molar-refractivity contribution in [1.29, 1.82) is 0 Å². The number of anilines is 2. The summed E-state index contributed by atoms with van der Waals surface area (Å²) in [5, 5.41) is 8.99. The summed E-state index contributed by atoms with van der Waals surface area (Å²) in [7, 11) is 2.12. The first-order valence-corrected chi connectivity index (χ1v) is 13.4. The molecule has 0 fully saturated rings. The number of Topliss-reactive ketones (excluding diaryl/α,β-unsaturated/α-hetero) is 1. The summed E-state index contributed by atoms with van der Waals surface area (Å²) >= 11 is 1.51. The number of fused-ring (bicyclic) bond motifs is 1. The molecular formula is C28H33N7OS. The van der Waals surface area contributed by atoms with Crippen LogP contribution in [-0.2, 0) is 24.9 Å². The number of carbonyl (C=O) groups is 1. The number of thiazole rings is 1. The number of rotatable bonds is 7. The van der Waals surface area contributed by atoms with Crippen molar-refractivity contribution in [1.82, 2.24) is 29.6 Å². The Morgan fingerprint density at radius 1 is 1.08 bits per heavy atom. The molecule has 0 bridgehead atoms. The van der Waals surface area contributed by atoms with Gasteiger partial charge in [0.05, 0.1) is 27.8 Å². The fourth-order valence-electron chi connectivity index (χ4n) is 4.43. The van der Waals surface area contributed by atoms with Crippen molar-refractivity contribution < 1.29 is 4.79 Å². The molecule has 0 saturated heterocycles. The van der Waals surface area contributed by atoms with E-state index in [0.29, 0.717) is 18.7 Å². The molecular weight excluding hydrogens is 482 g/mol. The zero-order valence-electron chi connectivity index (χ0n) is 22.1. The Bertz CT molecular complexity index is 1430. The van der Waals surface area contributed by atoms with Gasteiger partial charge in [-0.2, -0.15) is 5.10 Å². The van der Waals surface area contributed by atoms with Crippen molar-refractivity contribution in [2.24, 2.45) is 0 Å². The number of aryl methyl sites for hydroxylation is 2. The van der Waals surface area contributed by atoms with Crippen LogP contribution in [0.2, 0.25) is 0 Å². The first-order valence-electron chi connectivity index (χ1n) is 12.6. The fraction of sp³-hybridized carbons (Fsp3) is 0.393. The number of likely N-dealkylation sites (N-methyl/N-ethyl adjacent to an activating group) is 1. The molecule has 1 aliphatic heterocycles. The predicted octanol–water partition coefficient (Wildman–Crippen LogP) is 5.41. The van der Waals surface area contributed by atoms with E-state index in [-0.39, 0.29) is 11.2 Å². The van der Waals surface area contributed by atoms with Gasteiger partial charge in [0.1, 0.15) is 12.1 Å². The number of benzene rings is 1. The molecule has 3 aromatic heterocycles. The topological polar surface area (TPSA) is 88.8 Å². The summed E-state index contributed by atoms with van der Waals surface area (Å²) in [6, 6.07) is 10.3. The highest BCUT2D eigenvalue weighted by Gasteiger charge is 2.20. The molecule has 0 spiro atoms. The summed E-state index contributed by atoms with van der Waals surface area (Å²) in [5.74, 6) is 1.65. The lowest BCUT2D eigenvalue weighted by Crippen LogP contribution is -2.30. The largest absolute Gasteiger partial charge is 0.323 e. The van der Waals surface area contributed by atoms with Crippen LogP contribution in [-0.4, -0.2) is 49.0 Å². The van der Waals surface area contributed by atoms with Crippen LogP contribution in [0, 0.1) is 6.92 Å². The third-order valence-electron chi connectivity index (χ3n) is 6.59. The number of ketones is 1. The van der Waals surface area contributed by atoms with E-state index in [1.807, 2.05) is 6.07 Å². The van der Waals surface area contributed by atoms with Crippen molar-refractivity contribution >= 4 is 28.8 Å². The number of carbonyl (C=O) groups excluding carboxylic acids is 1. The molecule has 37 heavy (non-hydrogen) atoms. The van der Waals surface area contributed by atoms with E-state index in [1.165, 1.54) is 22.6 Å².